The van der Waals surface area contributed by atoms with Gasteiger partial charge in [0.1, 0.15) is 11.6 Å². The summed E-state index contributed by atoms with van der Waals surface area (Å²) in [6.07, 6.45) is 0. The molecule has 0 fully saturated rings. The van der Waals surface area contributed by atoms with Crippen LogP contribution in [0.25, 0.3) is 11.3 Å². The number of halogens is 1. The molecular formula is C14H16FO4P. The first-order valence-corrected chi connectivity index (χ1v) is 7.88. The molecule has 0 saturated carbocycles. The van der Waals surface area contributed by atoms with E-state index in [9.17, 15) is 8.96 Å². The number of benzene rings is 1. The van der Waals surface area contributed by atoms with E-state index in [1.165, 1.54) is 12.1 Å². The van der Waals surface area contributed by atoms with E-state index in [1.807, 2.05) is 0 Å². The van der Waals surface area contributed by atoms with Crippen LogP contribution in [0.5, 0.6) is 0 Å². The van der Waals surface area contributed by atoms with Crippen LogP contribution in [0.15, 0.2) is 40.8 Å². The average Bonchev–Trinajstić information content (AvgIpc) is 2.90. The largest absolute Gasteiger partial charge is 0.448 e. The van der Waals surface area contributed by atoms with Crippen molar-refractivity contribution in [2.75, 3.05) is 13.2 Å². The quantitative estimate of drug-likeness (QED) is 0.757. The first-order valence-electron chi connectivity index (χ1n) is 6.34. The average molecular weight is 298 g/mol. The lowest BCUT2D eigenvalue weighted by atomic mass is 10.2. The fourth-order valence-corrected chi connectivity index (χ4v) is 3.22. The molecular weight excluding hydrogens is 282 g/mol. The van der Waals surface area contributed by atoms with Crippen molar-refractivity contribution in [1.29, 1.82) is 0 Å². The van der Waals surface area contributed by atoms with Crippen molar-refractivity contribution in [3.05, 3.63) is 42.2 Å². The Morgan fingerprint density at radius 3 is 2.20 bits per heavy atom. The first kappa shape index (κ1) is 15.0. The predicted molar refractivity (Wildman–Crippen MR) is 74.6 cm³/mol. The second-order valence-electron chi connectivity index (χ2n) is 3.98. The maximum absolute atomic E-state index is 12.9. The molecule has 0 radical (unpaired) electrons. The lowest BCUT2D eigenvalue weighted by Crippen LogP contribution is -2.08. The Kier molecular flexibility index (Phi) is 4.76. The topological polar surface area (TPSA) is 48.7 Å². The van der Waals surface area contributed by atoms with Crippen LogP contribution in [-0.4, -0.2) is 13.2 Å². The highest BCUT2D eigenvalue weighted by Crippen LogP contribution is 2.47. The summed E-state index contributed by atoms with van der Waals surface area (Å²) < 4.78 is 41.3. The van der Waals surface area contributed by atoms with Gasteiger partial charge in [-0.25, -0.2) is 4.39 Å². The van der Waals surface area contributed by atoms with Crippen LogP contribution in [0, 0.1) is 5.82 Å². The van der Waals surface area contributed by atoms with Crippen molar-refractivity contribution >= 4 is 13.1 Å². The first-order chi connectivity index (χ1) is 9.59. The van der Waals surface area contributed by atoms with E-state index in [-0.39, 0.29) is 24.5 Å². The molecule has 0 amide bonds. The molecule has 0 atom stereocenters. The lowest BCUT2D eigenvalue weighted by Gasteiger charge is -2.13. The Morgan fingerprint density at radius 1 is 1.05 bits per heavy atom. The normalized spacial score (nSPS) is 11.8. The second kappa shape index (κ2) is 6.35. The molecule has 0 aliphatic heterocycles. The molecule has 0 N–H and O–H groups in total. The standard InChI is InChI=1S/C14H16FO4P/c1-3-17-20(16,18-4-2)14-10-9-13(19-14)11-5-7-12(15)8-6-11/h5-10H,3-4H2,1-2H3. The molecule has 1 heterocycles. The number of furan rings is 1. The summed E-state index contributed by atoms with van der Waals surface area (Å²) in [5.41, 5.74) is 0.845. The van der Waals surface area contributed by atoms with Crippen molar-refractivity contribution in [1.82, 2.24) is 0 Å². The van der Waals surface area contributed by atoms with Crippen molar-refractivity contribution in [2.45, 2.75) is 13.8 Å². The molecule has 0 aliphatic carbocycles. The minimum atomic E-state index is -3.42. The van der Waals surface area contributed by atoms with Gasteiger partial charge in [-0.1, -0.05) is 0 Å². The summed E-state index contributed by atoms with van der Waals surface area (Å²) in [5, 5.41) is 0. The SMILES string of the molecule is CCOP(=O)(OCC)c1ccc(-c2ccc(F)cc2)o1. The monoisotopic (exact) mass is 298 g/mol. The van der Waals surface area contributed by atoms with Crippen LogP contribution in [0.3, 0.4) is 0 Å². The van der Waals surface area contributed by atoms with Gasteiger partial charge in [0.2, 0.25) is 5.50 Å². The minimum Gasteiger partial charge on any atom is -0.448 e. The summed E-state index contributed by atoms with van der Waals surface area (Å²) in [6, 6.07) is 9.07. The van der Waals surface area contributed by atoms with E-state index in [0.717, 1.165) is 0 Å². The highest BCUT2D eigenvalue weighted by Gasteiger charge is 2.30. The molecule has 2 rings (SSSR count). The molecule has 0 aliphatic rings. The van der Waals surface area contributed by atoms with Gasteiger partial charge in [0.25, 0.3) is 0 Å². The molecule has 0 bridgehead atoms. The van der Waals surface area contributed by atoms with E-state index in [4.69, 9.17) is 13.5 Å². The van der Waals surface area contributed by atoms with Gasteiger partial charge >= 0.3 is 7.60 Å². The van der Waals surface area contributed by atoms with Gasteiger partial charge in [-0.2, -0.15) is 0 Å². The van der Waals surface area contributed by atoms with Crippen molar-refractivity contribution in [3.63, 3.8) is 0 Å². The zero-order valence-electron chi connectivity index (χ0n) is 11.3. The Bertz CT molecular complexity index is 596. The third-order valence-corrected chi connectivity index (χ3v) is 4.57. The van der Waals surface area contributed by atoms with Crippen LogP contribution >= 0.6 is 7.60 Å². The summed E-state index contributed by atoms with van der Waals surface area (Å²) in [6.45, 7) is 3.97. The van der Waals surface area contributed by atoms with Gasteiger partial charge in [0.15, 0.2) is 0 Å². The van der Waals surface area contributed by atoms with E-state index in [2.05, 4.69) is 0 Å². The maximum atomic E-state index is 12.9. The molecule has 4 nitrogen and oxygen atoms in total. The molecule has 0 unspecified atom stereocenters. The van der Waals surface area contributed by atoms with Crippen molar-refractivity contribution in [3.8, 4) is 11.3 Å². The molecule has 20 heavy (non-hydrogen) atoms. The molecule has 2 aromatic rings. The molecule has 0 saturated heterocycles. The van der Waals surface area contributed by atoms with Gasteiger partial charge in [-0.15, -0.1) is 0 Å². The van der Waals surface area contributed by atoms with E-state index < -0.39 is 7.60 Å². The van der Waals surface area contributed by atoms with Crippen LogP contribution < -0.4 is 5.50 Å². The van der Waals surface area contributed by atoms with Crippen molar-refractivity contribution < 1.29 is 22.4 Å². The van der Waals surface area contributed by atoms with E-state index in [1.54, 1.807) is 38.1 Å². The number of rotatable bonds is 6. The fraction of sp³-hybridized carbons (Fsp3) is 0.286. The predicted octanol–water partition coefficient (Wildman–Crippen LogP) is 3.98. The lowest BCUT2D eigenvalue weighted by molar-refractivity contribution is 0.225. The summed E-state index contributed by atoms with van der Waals surface area (Å²) in [5.74, 6) is 0.162. The Labute approximate surface area is 117 Å². The van der Waals surface area contributed by atoms with Crippen molar-refractivity contribution in [2.24, 2.45) is 0 Å². The van der Waals surface area contributed by atoms with E-state index in [0.29, 0.717) is 11.3 Å². The Balaban J connectivity index is 2.31. The van der Waals surface area contributed by atoms with Gasteiger partial charge in [0.05, 0.1) is 13.2 Å². The number of hydrogen-bond acceptors (Lipinski definition) is 4. The van der Waals surface area contributed by atoms with Crippen LogP contribution in [-0.2, 0) is 13.6 Å². The summed E-state index contributed by atoms with van der Waals surface area (Å²) in [7, 11) is -3.42. The van der Waals surface area contributed by atoms with Gasteiger partial charge in [-0.3, -0.25) is 4.57 Å². The highest BCUT2D eigenvalue weighted by molar-refractivity contribution is 7.61. The van der Waals surface area contributed by atoms with Gasteiger partial charge in [-0.05, 0) is 50.2 Å². The molecule has 1 aromatic carbocycles. The summed E-state index contributed by atoms with van der Waals surface area (Å²) in [4.78, 5) is 0. The zero-order chi connectivity index (χ0) is 14.6. The second-order valence-corrected chi connectivity index (χ2v) is 5.93. The molecule has 108 valence electrons. The van der Waals surface area contributed by atoms with Crippen LogP contribution in [0.4, 0.5) is 4.39 Å². The minimum absolute atomic E-state index is 0.153. The van der Waals surface area contributed by atoms with Gasteiger partial charge < -0.3 is 13.5 Å². The smallest absolute Gasteiger partial charge is 0.396 e. The fourth-order valence-electron chi connectivity index (χ4n) is 1.75. The molecule has 6 heteroatoms. The maximum Gasteiger partial charge on any atom is 0.396 e. The zero-order valence-corrected chi connectivity index (χ0v) is 12.2. The van der Waals surface area contributed by atoms with Gasteiger partial charge in [0, 0.05) is 5.56 Å². The third kappa shape index (κ3) is 3.18. The van der Waals surface area contributed by atoms with E-state index >= 15 is 0 Å². The number of hydrogen-bond donors (Lipinski definition) is 0. The summed E-state index contributed by atoms with van der Waals surface area (Å²) >= 11 is 0. The highest BCUT2D eigenvalue weighted by atomic mass is 31.2. The Morgan fingerprint density at radius 2 is 1.65 bits per heavy atom. The molecule has 1 aromatic heterocycles. The van der Waals surface area contributed by atoms with Crippen LogP contribution in [0.1, 0.15) is 13.8 Å². The molecule has 0 spiro atoms. The third-order valence-electron chi connectivity index (χ3n) is 2.59. The van der Waals surface area contributed by atoms with Crippen LogP contribution in [0.2, 0.25) is 0 Å². The Hall–Kier alpha value is -1.42.